The van der Waals surface area contributed by atoms with Gasteiger partial charge in [-0.05, 0) is 54.8 Å². The van der Waals surface area contributed by atoms with E-state index in [1.165, 1.54) is 5.56 Å². The molecule has 0 atom stereocenters. The van der Waals surface area contributed by atoms with Crippen LogP contribution in [0, 0.1) is 6.92 Å². The molecule has 0 amide bonds. The van der Waals surface area contributed by atoms with Gasteiger partial charge in [-0.15, -0.1) is 5.10 Å². The molecule has 136 valence electrons. The third-order valence-corrected chi connectivity index (χ3v) is 5.07. The van der Waals surface area contributed by atoms with Crippen LogP contribution in [0.5, 0.6) is 11.5 Å². The van der Waals surface area contributed by atoms with Crippen molar-refractivity contribution in [3.05, 3.63) is 64.4 Å². The second-order valence-corrected chi connectivity index (χ2v) is 7.18. The molecule has 0 bridgehead atoms. The molecular weight excluding hydrogens is 370 g/mol. The molecule has 0 unspecified atom stereocenters. The van der Waals surface area contributed by atoms with E-state index >= 15 is 0 Å². The Morgan fingerprint density at radius 2 is 1.88 bits per heavy atom. The van der Waals surface area contributed by atoms with Gasteiger partial charge in [0.25, 0.3) is 0 Å². The number of nitrogens with one attached hydrogen (secondary N) is 1. The van der Waals surface area contributed by atoms with Crippen LogP contribution in [0.2, 0.25) is 5.02 Å². The van der Waals surface area contributed by atoms with Gasteiger partial charge in [0.05, 0.1) is 7.11 Å². The lowest BCUT2D eigenvalue weighted by Crippen LogP contribution is -1.98. The van der Waals surface area contributed by atoms with Gasteiger partial charge >= 0.3 is 0 Å². The Bertz CT molecular complexity index is 852. The molecule has 1 N–H and O–H groups in total. The van der Waals surface area contributed by atoms with Crippen molar-refractivity contribution in [3.63, 3.8) is 0 Å². The van der Waals surface area contributed by atoms with E-state index < -0.39 is 0 Å². The molecule has 26 heavy (non-hydrogen) atoms. The maximum atomic E-state index is 6.02. The van der Waals surface area contributed by atoms with Crippen LogP contribution in [0.1, 0.15) is 17.0 Å². The number of thioether (sulfide) groups is 1. The molecule has 1 aromatic heterocycles. The van der Waals surface area contributed by atoms with E-state index in [2.05, 4.69) is 27.3 Å². The third-order valence-electron chi connectivity index (χ3n) is 3.80. The van der Waals surface area contributed by atoms with Crippen molar-refractivity contribution < 1.29 is 9.47 Å². The summed E-state index contributed by atoms with van der Waals surface area (Å²) in [7, 11) is 1.67. The summed E-state index contributed by atoms with van der Waals surface area (Å²) in [5, 5.41) is 8.60. The van der Waals surface area contributed by atoms with Gasteiger partial charge in [-0.1, -0.05) is 35.5 Å². The summed E-state index contributed by atoms with van der Waals surface area (Å²) in [5.41, 5.74) is 2.24. The number of hydrogen-bond acceptors (Lipinski definition) is 5. The van der Waals surface area contributed by atoms with Crippen LogP contribution in [-0.4, -0.2) is 28.0 Å². The minimum atomic E-state index is 0.340. The summed E-state index contributed by atoms with van der Waals surface area (Å²) in [6, 6.07) is 13.7. The second-order valence-electron chi connectivity index (χ2n) is 5.71. The molecule has 0 saturated carbocycles. The zero-order chi connectivity index (χ0) is 18.4. The molecule has 3 aromatic rings. The van der Waals surface area contributed by atoms with Gasteiger partial charge in [0.15, 0.2) is 5.82 Å². The lowest BCUT2D eigenvalue weighted by Gasteiger charge is -2.05. The van der Waals surface area contributed by atoms with E-state index in [0.717, 1.165) is 39.4 Å². The Labute approximate surface area is 162 Å². The van der Waals surface area contributed by atoms with Gasteiger partial charge in [0.2, 0.25) is 5.16 Å². The van der Waals surface area contributed by atoms with Crippen molar-refractivity contribution in [2.75, 3.05) is 12.9 Å². The highest BCUT2D eigenvalue weighted by atomic mass is 35.5. The molecule has 1 heterocycles. The lowest BCUT2D eigenvalue weighted by atomic mass is 10.2. The maximum Gasteiger partial charge on any atom is 0.208 e. The largest absolute Gasteiger partial charge is 0.497 e. The summed E-state index contributed by atoms with van der Waals surface area (Å²) in [6.45, 7) is 2.29. The average Bonchev–Trinajstić information content (AvgIpc) is 3.11. The fourth-order valence-electron chi connectivity index (χ4n) is 2.32. The Morgan fingerprint density at radius 1 is 1.12 bits per heavy atom. The van der Waals surface area contributed by atoms with Gasteiger partial charge in [0, 0.05) is 10.8 Å². The summed E-state index contributed by atoms with van der Waals surface area (Å²) in [6.07, 6.45) is 0.944. The van der Waals surface area contributed by atoms with Gasteiger partial charge in [-0.3, -0.25) is 5.10 Å². The first-order valence-electron chi connectivity index (χ1n) is 8.20. The quantitative estimate of drug-likeness (QED) is 0.566. The number of H-pyrrole nitrogens is 1. The molecule has 0 aliphatic heterocycles. The smallest absolute Gasteiger partial charge is 0.208 e. The summed E-state index contributed by atoms with van der Waals surface area (Å²) in [5.74, 6) is 3.23. The van der Waals surface area contributed by atoms with E-state index in [1.807, 2.05) is 37.3 Å². The molecule has 0 saturated heterocycles. The Hall–Kier alpha value is -2.18. The van der Waals surface area contributed by atoms with Crippen LogP contribution in [-0.2, 0) is 13.0 Å². The number of methoxy groups -OCH3 is 1. The Balaban J connectivity index is 1.45. The number of rotatable bonds is 8. The zero-order valence-corrected chi connectivity index (χ0v) is 16.2. The number of benzene rings is 2. The van der Waals surface area contributed by atoms with Crippen LogP contribution in [0.4, 0.5) is 0 Å². The van der Waals surface area contributed by atoms with Crippen molar-refractivity contribution in [2.24, 2.45) is 0 Å². The Morgan fingerprint density at radius 3 is 2.62 bits per heavy atom. The van der Waals surface area contributed by atoms with Crippen molar-refractivity contribution in [3.8, 4) is 11.5 Å². The fourth-order valence-corrected chi connectivity index (χ4v) is 3.24. The summed E-state index contributed by atoms with van der Waals surface area (Å²) in [4.78, 5) is 4.45. The maximum absolute atomic E-state index is 6.02. The minimum absolute atomic E-state index is 0.340. The van der Waals surface area contributed by atoms with Gasteiger partial charge < -0.3 is 9.47 Å². The first-order valence-corrected chi connectivity index (χ1v) is 9.56. The zero-order valence-electron chi connectivity index (χ0n) is 14.7. The Kier molecular flexibility index (Phi) is 6.41. The predicted octanol–water partition coefficient (Wildman–Crippen LogP) is 4.69. The second kappa shape index (κ2) is 8.96. The molecule has 0 aliphatic carbocycles. The minimum Gasteiger partial charge on any atom is -0.497 e. The highest BCUT2D eigenvalue weighted by Gasteiger charge is 2.06. The van der Waals surface area contributed by atoms with E-state index in [1.54, 1.807) is 18.9 Å². The lowest BCUT2D eigenvalue weighted by molar-refractivity contribution is 0.296. The highest BCUT2D eigenvalue weighted by molar-refractivity contribution is 7.99. The first kappa shape index (κ1) is 18.6. The number of halogens is 1. The third kappa shape index (κ3) is 5.16. The standard InChI is InChI=1S/C19H20ClN3O2S/c1-13-11-16(7-8-17(13)20)25-12-18-21-19(23-22-18)26-10-9-14-3-5-15(24-2)6-4-14/h3-8,11H,9-10,12H2,1-2H3,(H,21,22,23). The summed E-state index contributed by atoms with van der Waals surface area (Å²) >= 11 is 7.63. The van der Waals surface area contributed by atoms with Crippen LogP contribution in [0.15, 0.2) is 47.6 Å². The monoisotopic (exact) mass is 389 g/mol. The molecule has 3 rings (SSSR count). The van der Waals surface area contributed by atoms with Crippen LogP contribution >= 0.6 is 23.4 Å². The number of aryl methyl sites for hydroxylation is 2. The summed E-state index contributed by atoms with van der Waals surface area (Å²) < 4.78 is 10.9. The van der Waals surface area contributed by atoms with Gasteiger partial charge in [-0.2, -0.15) is 0 Å². The molecule has 5 nitrogen and oxygen atoms in total. The van der Waals surface area contributed by atoms with Crippen molar-refractivity contribution in [1.82, 2.24) is 15.2 Å². The molecule has 0 aliphatic rings. The first-order chi connectivity index (χ1) is 12.6. The number of ether oxygens (including phenoxy) is 2. The van der Waals surface area contributed by atoms with Crippen LogP contribution in [0.3, 0.4) is 0 Å². The van der Waals surface area contributed by atoms with Crippen molar-refractivity contribution in [2.45, 2.75) is 25.1 Å². The van der Waals surface area contributed by atoms with E-state index in [0.29, 0.717) is 12.4 Å². The fraction of sp³-hybridized carbons (Fsp3) is 0.263. The van der Waals surface area contributed by atoms with E-state index in [-0.39, 0.29) is 0 Å². The predicted molar refractivity (Wildman–Crippen MR) is 104 cm³/mol. The van der Waals surface area contributed by atoms with E-state index in [9.17, 15) is 0 Å². The number of nitrogens with zero attached hydrogens (tertiary/aromatic N) is 2. The topological polar surface area (TPSA) is 60.0 Å². The molecule has 7 heteroatoms. The van der Waals surface area contributed by atoms with E-state index in [4.69, 9.17) is 21.1 Å². The normalized spacial score (nSPS) is 10.7. The molecule has 0 radical (unpaired) electrons. The number of aromatic amines is 1. The van der Waals surface area contributed by atoms with Crippen molar-refractivity contribution >= 4 is 23.4 Å². The van der Waals surface area contributed by atoms with Crippen molar-refractivity contribution in [1.29, 1.82) is 0 Å². The molecule has 2 aromatic carbocycles. The average molecular weight is 390 g/mol. The SMILES string of the molecule is COc1ccc(CCSc2n[nH]c(COc3ccc(Cl)c(C)c3)n2)cc1. The highest BCUT2D eigenvalue weighted by Crippen LogP contribution is 2.22. The molecule has 0 fully saturated rings. The van der Waals surface area contributed by atoms with Crippen LogP contribution in [0.25, 0.3) is 0 Å². The van der Waals surface area contributed by atoms with Gasteiger partial charge in [-0.25, -0.2) is 4.98 Å². The molecule has 0 spiro atoms. The van der Waals surface area contributed by atoms with Gasteiger partial charge in [0.1, 0.15) is 18.1 Å². The number of hydrogen-bond donors (Lipinski definition) is 1. The molecular formula is C19H20ClN3O2S. The van der Waals surface area contributed by atoms with Crippen LogP contribution < -0.4 is 9.47 Å². The number of aromatic nitrogens is 3.